The summed E-state index contributed by atoms with van der Waals surface area (Å²) in [6.07, 6.45) is 1.89. The zero-order valence-electron chi connectivity index (χ0n) is 11.7. The average molecular weight is 261 g/mol. The van der Waals surface area contributed by atoms with Gasteiger partial charge in [0, 0.05) is 17.3 Å². The van der Waals surface area contributed by atoms with E-state index >= 15 is 0 Å². The molecule has 4 heteroatoms. The molecule has 0 aliphatic rings. The summed E-state index contributed by atoms with van der Waals surface area (Å²) < 4.78 is 15.1. The van der Waals surface area contributed by atoms with Crippen LogP contribution in [0, 0.1) is 12.7 Å². The molecule has 0 bridgehead atoms. The van der Waals surface area contributed by atoms with E-state index in [9.17, 15) is 4.39 Å². The van der Waals surface area contributed by atoms with E-state index in [1.165, 1.54) is 11.6 Å². The number of hydrogen-bond donors (Lipinski definition) is 1. The first-order valence-corrected chi connectivity index (χ1v) is 6.62. The molecule has 0 radical (unpaired) electrons. The Hall–Kier alpha value is -1.68. The Morgan fingerprint density at radius 3 is 2.89 bits per heavy atom. The van der Waals surface area contributed by atoms with Crippen LogP contribution >= 0.6 is 0 Å². The Labute approximate surface area is 113 Å². The summed E-state index contributed by atoms with van der Waals surface area (Å²) >= 11 is 0. The van der Waals surface area contributed by atoms with Crippen LogP contribution in [-0.4, -0.2) is 16.3 Å². The molecule has 1 unspecified atom stereocenters. The van der Waals surface area contributed by atoms with Gasteiger partial charge in [-0.1, -0.05) is 19.1 Å². The highest BCUT2D eigenvalue weighted by Gasteiger charge is 2.12. The van der Waals surface area contributed by atoms with Crippen molar-refractivity contribution in [2.24, 2.45) is 0 Å². The maximum Gasteiger partial charge on any atom is 0.123 e. The zero-order chi connectivity index (χ0) is 13.8. The summed E-state index contributed by atoms with van der Waals surface area (Å²) in [6.45, 7) is 7.79. The Morgan fingerprint density at radius 1 is 1.42 bits per heavy atom. The lowest BCUT2D eigenvalue weighted by molar-refractivity contribution is 0.589. The van der Waals surface area contributed by atoms with Crippen LogP contribution in [0.5, 0.6) is 0 Å². The molecular formula is C15H20FN3. The zero-order valence-corrected chi connectivity index (χ0v) is 11.7. The molecule has 0 aliphatic heterocycles. The van der Waals surface area contributed by atoms with Gasteiger partial charge in [0.05, 0.1) is 12.7 Å². The van der Waals surface area contributed by atoms with Crippen LogP contribution in [0.2, 0.25) is 0 Å². The normalized spacial score (nSPS) is 12.6. The van der Waals surface area contributed by atoms with Crippen molar-refractivity contribution in [3.63, 3.8) is 0 Å². The summed E-state index contributed by atoms with van der Waals surface area (Å²) in [5.74, 6) is -0.205. The summed E-state index contributed by atoms with van der Waals surface area (Å²) in [5, 5.41) is 7.77. The third-order valence-corrected chi connectivity index (χ3v) is 3.34. The molecule has 2 aromatic rings. The molecule has 19 heavy (non-hydrogen) atoms. The molecule has 1 aromatic carbocycles. The maximum absolute atomic E-state index is 13.2. The maximum atomic E-state index is 13.2. The quantitative estimate of drug-likeness (QED) is 0.896. The summed E-state index contributed by atoms with van der Waals surface area (Å²) in [5.41, 5.74) is 3.24. The second-order valence-corrected chi connectivity index (χ2v) is 4.75. The molecule has 1 aromatic heterocycles. The van der Waals surface area contributed by atoms with Crippen LogP contribution < -0.4 is 5.32 Å². The van der Waals surface area contributed by atoms with E-state index in [0.717, 1.165) is 17.8 Å². The van der Waals surface area contributed by atoms with Crippen LogP contribution in [0.1, 0.15) is 36.7 Å². The highest BCUT2D eigenvalue weighted by Crippen LogP contribution is 2.17. The lowest BCUT2D eigenvalue weighted by Gasteiger charge is -2.12. The van der Waals surface area contributed by atoms with Crippen molar-refractivity contribution in [1.29, 1.82) is 0 Å². The van der Waals surface area contributed by atoms with Crippen molar-refractivity contribution >= 4 is 0 Å². The number of benzene rings is 1. The van der Waals surface area contributed by atoms with Crippen molar-refractivity contribution in [1.82, 2.24) is 15.1 Å². The molecule has 0 saturated heterocycles. The number of halogens is 1. The van der Waals surface area contributed by atoms with Gasteiger partial charge < -0.3 is 5.32 Å². The molecule has 1 N–H and O–H groups in total. The van der Waals surface area contributed by atoms with Gasteiger partial charge in [0.15, 0.2) is 0 Å². The van der Waals surface area contributed by atoms with Crippen LogP contribution in [-0.2, 0) is 6.54 Å². The van der Waals surface area contributed by atoms with E-state index in [4.69, 9.17) is 0 Å². The molecule has 0 spiro atoms. The molecule has 2 rings (SSSR count). The van der Waals surface area contributed by atoms with Crippen LogP contribution in [0.25, 0.3) is 0 Å². The molecule has 1 atom stereocenters. The molecule has 1 heterocycles. The van der Waals surface area contributed by atoms with E-state index in [2.05, 4.69) is 31.2 Å². The molecule has 102 valence electrons. The second-order valence-electron chi connectivity index (χ2n) is 4.75. The molecule has 0 amide bonds. The van der Waals surface area contributed by atoms with Gasteiger partial charge in [-0.15, -0.1) is 0 Å². The second kappa shape index (κ2) is 5.97. The van der Waals surface area contributed by atoms with Gasteiger partial charge in [0.2, 0.25) is 0 Å². The van der Waals surface area contributed by atoms with E-state index in [1.807, 2.05) is 16.9 Å². The number of rotatable bonds is 5. The molecule has 0 fully saturated rings. The summed E-state index contributed by atoms with van der Waals surface area (Å²) in [4.78, 5) is 0. The number of nitrogens with one attached hydrogen (secondary N) is 1. The Balaban J connectivity index is 2.18. The van der Waals surface area contributed by atoms with E-state index in [1.54, 1.807) is 12.1 Å². The van der Waals surface area contributed by atoms with Crippen molar-refractivity contribution in [3.05, 3.63) is 53.1 Å². The lowest BCUT2D eigenvalue weighted by Crippen LogP contribution is -2.18. The number of hydrogen-bond acceptors (Lipinski definition) is 2. The van der Waals surface area contributed by atoms with E-state index < -0.39 is 0 Å². The van der Waals surface area contributed by atoms with E-state index in [0.29, 0.717) is 6.54 Å². The van der Waals surface area contributed by atoms with E-state index in [-0.39, 0.29) is 11.9 Å². The van der Waals surface area contributed by atoms with Crippen LogP contribution in [0.3, 0.4) is 0 Å². The van der Waals surface area contributed by atoms with Gasteiger partial charge in [-0.25, -0.2) is 4.39 Å². The monoisotopic (exact) mass is 261 g/mol. The van der Waals surface area contributed by atoms with Gasteiger partial charge in [0.25, 0.3) is 0 Å². The summed E-state index contributed by atoms with van der Waals surface area (Å²) in [7, 11) is 0. The standard InChI is InChI=1S/C15H20FN3/c1-4-17-11(2)15-9-18-19(12(15)3)10-13-6-5-7-14(16)8-13/h5-9,11,17H,4,10H2,1-3H3. The fourth-order valence-electron chi connectivity index (χ4n) is 2.27. The first-order valence-electron chi connectivity index (χ1n) is 6.62. The average Bonchev–Trinajstić information content (AvgIpc) is 2.71. The first-order chi connectivity index (χ1) is 9.11. The predicted octanol–water partition coefficient (Wildman–Crippen LogP) is 3.05. The third kappa shape index (κ3) is 3.20. The Kier molecular flexibility index (Phi) is 4.32. The van der Waals surface area contributed by atoms with Crippen molar-refractivity contribution < 1.29 is 4.39 Å². The molecule has 3 nitrogen and oxygen atoms in total. The summed E-state index contributed by atoms with van der Waals surface area (Å²) in [6, 6.07) is 6.93. The largest absolute Gasteiger partial charge is 0.310 e. The number of aromatic nitrogens is 2. The molecular weight excluding hydrogens is 241 g/mol. The smallest absolute Gasteiger partial charge is 0.123 e. The van der Waals surface area contributed by atoms with Gasteiger partial charge in [0.1, 0.15) is 5.82 Å². The third-order valence-electron chi connectivity index (χ3n) is 3.34. The lowest BCUT2D eigenvalue weighted by atomic mass is 10.1. The first kappa shape index (κ1) is 13.7. The van der Waals surface area contributed by atoms with Crippen LogP contribution in [0.4, 0.5) is 4.39 Å². The minimum Gasteiger partial charge on any atom is -0.310 e. The fourth-order valence-corrected chi connectivity index (χ4v) is 2.27. The topological polar surface area (TPSA) is 29.9 Å². The van der Waals surface area contributed by atoms with Gasteiger partial charge >= 0.3 is 0 Å². The Bertz CT molecular complexity index is 548. The highest BCUT2D eigenvalue weighted by molar-refractivity contribution is 5.22. The van der Waals surface area contributed by atoms with Crippen molar-refractivity contribution in [2.45, 2.75) is 33.4 Å². The minimum absolute atomic E-state index is 0.205. The van der Waals surface area contributed by atoms with Crippen molar-refractivity contribution in [2.75, 3.05) is 6.54 Å². The fraction of sp³-hybridized carbons (Fsp3) is 0.400. The Morgan fingerprint density at radius 2 is 2.21 bits per heavy atom. The predicted molar refractivity (Wildman–Crippen MR) is 74.6 cm³/mol. The van der Waals surface area contributed by atoms with Gasteiger partial charge in [-0.2, -0.15) is 5.10 Å². The van der Waals surface area contributed by atoms with Crippen molar-refractivity contribution in [3.8, 4) is 0 Å². The van der Waals surface area contributed by atoms with Gasteiger partial charge in [-0.05, 0) is 38.1 Å². The molecule has 0 aliphatic carbocycles. The van der Waals surface area contributed by atoms with Gasteiger partial charge in [-0.3, -0.25) is 4.68 Å². The molecule has 0 saturated carbocycles. The SMILES string of the molecule is CCNC(C)c1cnn(Cc2cccc(F)c2)c1C. The minimum atomic E-state index is -0.205. The van der Waals surface area contributed by atoms with Crippen LogP contribution in [0.15, 0.2) is 30.5 Å². The highest BCUT2D eigenvalue weighted by atomic mass is 19.1. The number of nitrogens with zero attached hydrogens (tertiary/aromatic N) is 2.